The maximum absolute atomic E-state index is 13.3. The molecule has 2 nitrogen and oxygen atoms in total. The molecule has 1 saturated carbocycles. The molecule has 1 aliphatic carbocycles. The number of aromatic hydroxyl groups is 1. The van der Waals surface area contributed by atoms with Crippen molar-refractivity contribution in [3.05, 3.63) is 29.1 Å². The van der Waals surface area contributed by atoms with E-state index in [4.69, 9.17) is 5.26 Å². The molecule has 1 fully saturated rings. The molecule has 0 spiro atoms. The third kappa shape index (κ3) is 1.07. The molecule has 0 saturated heterocycles. The van der Waals surface area contributed by atoms with Crippen LogP contribution in [0.5, 0.6) is 5.75 Å². The van der Waals surface area contributed by atoms with Crippen molar-refractivity contribution in [1.82, 2.24) is 0 Å². The normalized spacial score (nSPS) is 17.5. The standard InChI is InChI=1S/C11H10FNO/c1-7-2-3-8(10(14)9(7)12)11(6-13)4-5-11/h2-3,14H,4-5H2,1H3. The van der Waals surface area contributed by atoms with Gasteiger partial charge in [0.05, 0.1) is 11.5 Å². The molecule has 0 heterocycles. The van der Waals surface area contributed by atoms with Crippen LogP contribution >= 0.6 is 0 Å². The number of hydrogen-bond acceptors (Lipinski definition) is 2. The van der Waals surface area contributed by atoms with E-state index in [2.05, 4.69) is 6.07 Å². The molecule has 1 N–H and O–H groups in total. The van der Waals surface area contributed by atoms with E-state index in [1.165, 1.54) is 0 Å². The monoisotopic (exact) mass is 191 g/mol. The van der Waals surface area contributed by atoms with E-state index >= 15 is 0 Å². The second kappa shape index (κ2) is 2.71. The molecule has 3 heteroatoms. The van der Waals surface area contributed by atoms with Crippen molar-refractivity contribution in [3.63, 3.8) is 0 Å². The molecule has 0 amide bonds. The van der Waals surface area contributed by atoms with Crippen LogP contribution in [0.4, 0.5) is 4.39 Å². The Hall–Kier alpha value is -1.56. The first kappa shape index (κ1) is 9.01. The van der Waals surface area contributed by atoms with E-state index in [1.54, 1.807) is 19.1 Å². The van der Waals surface area contributed by atoms with Gasteiger partial charge < -0.3 is 5.11 Å². The lowest BCUT2D eigenvalue weighted by molar-refractivity contribution is 0.421. The van der Waals surface area contributed by atoms with Gasteiger partial charge in [0, 0.05) is 5.56 Å². The largest absolute Gasteiger partial charge is 0.505 e. The van der Waals surface area contributed by atoms with Crippen molar-refractivity contribution in [2.75, 3.05) is 0 Å². The smallest absolute Gasteiger partial charge is 0.168 e. The van der Waals surface area contributed by atoms with Crippen LogP contribution in [0.25, 0.3) is 0 Å². The van der Waals surface area contributed by atoms with E-state index in [0.717, 1.165) is 0 Å². The summed E-state index contributed by atoms with van der Waals surface area (Å²) in [5.74, 6) is -0.965. The first-order valence-corrected chi connectivity index (χ1v) is 4.50. The summed E-state index contributed by atoms with van der Waals surface area (Å²) in [5, 5.41) is 18.5. The minimum Gasteiger partial charge on any atom is -0.505 e. The number of nitrogens with zero attached hydrogens (tertiary/aromatic N) is 1. The minimum absolute atomic E-state index is 0.357. The SMILES string of the molecule is Cc1ccc(C2(C#N)CC2)c(O)c1F. The highest BCUT2D eigenvalue weighted by Crippen LogP contribution is 2.51. The Bertz CT molecular complexity index is 430. The number of halogens is 1. The van der Waals surface area contributed by atoms with E-state index in [0.29, 0.717) is 24.0 Å². The Morgan fingerprint density at radius 3 is 2.64 bits per heavy atom. The van der Waals surface area contributed by atoms with Crippen molar-refractivity contribution >= 4 is 0 Å². The maximum Gasteiger partial charge on any atom is 0.168 e. The van der Waals surface area contributed by atoms with Crippen LogP contribution in [0.1, 0.15) is 24.0 Å². The van der Waals surface area contributed by atoms with E-state index in [-0.39, 0.29) is 5.75 Å². The molecule has 1 aliphatic rings. The first-order chi connectivity index (χ1) is 6.60. The number of hydrogen-bond donors (Lipinski definition) is 1. The maximum atomic E-state index is 13.3. The van der Waals surface area contributed by atoms with Gasteiger partial charge in [-0.2, -0.15) is 5.26 Å². The molecule has 0 radical (unpaired) electrons. The molecule has 0 aromatic heterocycles. The van der Waals surface area contributed by atoms with Gasteiger partial charge in [-0.05, 0) is 25.3 Å². The highest BCUT2D eigenvalue weighted by Gasteiger charge is 2.47. The Kier molecular flexibility index (Phi) is 1.75. The van der Waals surface area contributed by atoms with Crippen molar-refractivity contribution in [3.8, 4) is 11.8 Å². The lowest BCUT2D eigenvalue weighted by Crippen LogP contribution is -2.04. The van der Waals surface area contributed by atoms with Gasteiger partial charge in [-0.15, -0.1) is 0 Å². The van der Waals surface area contributed by atoms with Crippen LogP contribution < -0.4 is 0 Å². The van der Waals surface area contributed by atoms with Crippen LogP contribution in [0, 0.1) is 24.1 Å². The van der Waals surface area contributed by atoms with Crippen molar-refractivity contribution in [2.45, 2.75) is 25.2 Å². The van der Waals surface area contributed by atoms with Crippen molar-refractivity contribution in [2.24, 2.45) is 0 Å². The molecular formula is C11H10FNO. The molecule has 72 valence electrons. The average molecular weight is 191 g/mol. The zero-order chi connectivity index (χ0) is 10.3. The van der Waals surface area contributed by atoms with Gasteiger partial charge in [0.25, 0.3) is 0 Å². The summed E-state index contributed by atoms with van der Waals surface area (Å²) in [6.07, 6.45) is 1.42. The fourth-order valence-corrected chi connectivity index (χ4v) is 1.62. The summed E-state index contributed by atoms with van der Waals surface area (Å²) >= 11 is 0. The predicted octanol–water partition coefficient (Wildman–Crippen LogP) is 2.39. The summed E-state index contributed by atoms with van der Waals surface area (Å²) in [4.78, 5) is 0. The number of nitriles is 1. The van der Waals surface area contributed by atoms with Gasteiger partial charge in [-0.25, -0.2) is 4.39 Å². The summed E-state index contributed by atoms with van der Waals surface area (Å²) in [6, 6.07) is 5.37. The van der Waals surface area contributed by atoms with Crippen LogP contribution in [0.2, 0.25) is 0 Å². The predicted molar refractivity (Wildman–Crippen MR) is 49.3 cm³/mol. The molecular weight excluding hydrogens is 181 g/mol. The molecule has 1 aromatic rings. The van der Waals surface area contributed by atoms with Gasteiger partial charge in [0.2, 0.25) is 0 Å². The Morgan fingerprint density at radius 2 is 2.14 bits per heavy atom. The molecule has 0 bridgehead atoms. The summed E-state index contributed by atoms with van der Waals surface area (Å²) in [7, 11) is 0. The number of phenols is 1. The van der Waals surface area contributed by atoms with Gasteiger partial charge in [-0.1, -0.05) is 12.1 Å². The number of aryl methyl sites for hydroxylation is 1. The minimum atomic E-state index is -0.626. The number of phenolic OH excluding ortho intramolecular Hbond substituents is 1. The summed E-state index contributed by atoms with van der Waals surface area (Å²) < 4.78 is 13.3. The molecule has 14 heavy (non-hydrogen) atoms. The van der Waals surface area contributed by atoms with Crippen LogP contribution in [0.15, 0.2) is 12.1 Å². The third-order valence-corrected chi connectivity index (χ3v) is 2.79. The summed E-state index contributed by atoms with van der Waals surface area (Å²) in [6.45, 7) is 1.59. The van der Waals surface area contributed by atoms with Gasteiger partial charge in [-0.3, -0.25) is 0 Å². The number of rotatable bonds is 1. The first-order valence-electron chi connectivity index (χ1n) is 4.50. The Balaban J connectivity index is 2.57. The zero-order valence-electron chi connectivity index (χ0n) is 7.84. The fourth-order valence-electron chi connectivity index (χ4n) is 1.62. The van der Waals surface area contributed by atoms with Gasteiger partial charge in [0.15, 0.2) is 11.6 Å². The lowest BCUT2D eigenvalue weighted by Gasteiger charge is -2.10. The van der Waals surface area contributed by atoms with E-state index in [1.807, 2.05) is 0 Å². The molecule has 0 atom stereocenters. The molecule has 2 rings (SSSR count). The van der Waals surface area contributed by atoms with Crippen LogP contribution in [0.3, 0.4) is 0 Å². The fraction of sp³-hybridized carbons (Fsp3) is 0.364. The van der Waals surface area contributed by atoms with Crippen molar-refractivity contribution < 1.29 is 9.50 Å². The molecule has 0 unspecified atom stereocenters. The van der Waals surface area contributed by atoms with Crippen LogP contribution in [-0.4, -0.2) is 5.11 Å². The Labute approximate surface area is 81.6 Å². The van der Waals surface area contributed by atoms with Crippen LogP contribution in [-0.2, 0) is 5.41 Å². The van der Waals surface area contributed by atoms with Gasteiger partial charge in [0.1, 0.15) is 0 Å². The third-order valence-electron chi connectivity index (χ3n) is 2.79. The lowest BCUT2D eigenvalue weighted by atomic mass is 9.95. The second-order valence-corrected chi connectivity index (χ2v) is 3.79. The second-order valence-electron chi connectivity index (χ2n) is 3.79. The number of benzene rings is 1. The van der Waals surface area contributed by atoms with Gasteiger partial charge >= 0.3 is 0 Å². The van der Waals surface area contributed by atoms with Crippen molar-refractivity contribution in [1.29, 1.82) is 5.26 Å². The van der Waals surface area contributed by atoms with E-state index < -0.39 is 11.2 Å². The summed E-state index contributed by atoms with van der Waals surface area (Å²) in [5.41, 5.74) is 0.210. The van der Waals surface area contributed by atoms with E-state index in [9.17, 15) is 9.50 Å². The highest BCUT2D eigenvalue weighted by atomic mass is 19.1. The zero-order valence-corrected chi connectivity index (χ0v) is 7.84. The highest BCUT2D eigenvalue weighted by molar-refractivity contribution is 5.49. The molecule has 0 aliphatic heterocycles. The quantitative estimate of drug-likeness (QED) is 0.740. The average Bonchev–Trinajstić information content (AvgIpc) is 2.95. The topological polar surface area (TPSA) is 44.0 Å². The molecule has 1 aromatic carbocycles. The Morgan fingerprint density at radius 1 is 1.50 bits per heavy atom.